The average molecular weight is 2080 g/mol. The number of ether oxygens (including phenoxy) is 9. The van der Waals surface area contributed by atoms with E-state index in [1.54, 1.807) is 137 Å². The van der Waals surface area contributed by atoms with Gasteiger partial charge in [-0.05, 0) is 120 Å². The van der Waals surface area contributed by atoms with Crippen molar-refractivity contribution in [1.29, 1.82) is 10.5 Å². The number of carboxylic acids is 2. The van der Waals surface area contributed by atoms with Crippen molar-refractivity contribution in [3.63, 3.8) is 0 Å². The number of nitriles is 2. The minimum Gasteiger partial charge on any atom is -0.481 e. The van der Waals surface area contributed by atoms with Crippen molar-refractivity contribution in [2.45, 2.75) is 168 Å². The molecule has 5 heterocycles. The van der Waals surface area contributed by atoms with Crippen molar-refractivity contribution in [1.82, 2.24) is 39.7 Å². The summed E-state index contributed by atoms with van der Waals surface area (Å²) >= 11 is 0. The fourth-order valence-corrected chi connectivity index (χ4v) is 13.5. The number of fused-ring (bicyclic) bond motifs is 1. The number of carbonyl (C=O) groups is 8. The Balaban J connectivity index is 0.000000322. The summed E-state index contributed by atoms with van der Waals surface area (Å²) in [5.74, 6) is -3.84. The first-order valence-corrected chi connectivity index (χ1v) is 46.8. The lowest BCUT2D eigenvalue weighted by molar-refractivity contribution is -0.384. The van der Waals surface area contributed by atoms with Gasteiger partial charge in [-0.15, -0.1) is 0 Å². The number of aliphatic hydroxyl groups excluding tert-OH is 2. The van der Waals surface area contributed by atoms with Gasteiger partial charge in [0.05, 0.1) is 48.1 Å². The third kappa shape index (κ3) is 45.9. The van der Waals surface area contributed by atoms with E-state index in [1.807, 2.05) is 0 Å². The standard InChI is InChI=1S/C19H26N8O13P2.2C16H19N5O4.C15H19N3O4.C14H10N4O5.C6H13NO2/c20-11-1-2-26(19(30)25-11)12-3-8(9(38-12)4-36-41(31,32)33)40-42(34,35)37-5-10-14(28)15(29)18(39-10)27-7-24-13-16(21)22-6-23-17(13)27;2*1-12(15(22)24-10-8-17)3-2-9-19-16(23)25-11-13-4-6-14(7-5-13)20-21-18;1-11(15(20)21)4-2-3-5-14(19)22-10-12-6-8-13(9-7-12)17-18-16;15-17-16-11-3-1-10(2-4-11)9-22-14(19)23-13-7-5-12(6-8-13)18(20)21;1-5(6(8)9)3-2-4-7/h1-2,6-10,12,14-15,18,28-29H,3-5H2,(H,34,35)(H2,20,25,30)(H2,21,22,23)(H2,31,32,33);2*4-7,12H,2-3,9-11H2,1H3,(H,19,23);6-9,11H,2-5,10H2,1H3,(H,20,21);1-8H,9H2;5H,2-4,7H2,1H3,(H,8,9)/t8-,9+,10+,12+,14+,15+,18+;2*12-;11-;;5-/m0000.0/s1. The lowest BCUT2D eigenvalue weighted by Crippen LogP contribution is -2.34. The Hall–Kier alpha value is -16.1. The van der Waals surface area contributed by atoms with Crippen LogP contribution in [-0.2, 0) is 111 Å². The van der Waals surface area contributed by atoms with E-state index in [1.165, 1.54) is 53.8 Å². The van der Waals surface area contributed by atoms with Gasteiger partial charge in [-0.25, -0.2) is 43.3 Å². The van der Waals surface area contributed by atoms with Crippen molar-refractivity contribution >= 4 is 115 Å². The normalized spacial score (nSPS) is 16.2. The van der Waals surface area contributed by atoms with Gasteiger partial charge in [0.25, 0.3) is 5.69 Å². The summed E-state index contributed by atoms with van der Waals surface area (Å²) in [7, 11) is -9.96. The molecule has 10 rings (SSSR count). The van der Waals surface area contributed by atoms with Crippen LogP contribution in [0.4, 0.5) is 54.5 Å². The number of rotatable bonds is 46. The molecule has 58 nitrogen and oxygen atoms in total. The molecule has 5 aromatic carbocycles. The number of benzene rings is 5. The maximum absolute atomic E-state index is 12.9. The van der Waals surface area contributed by atoms with Crippen LogP contribution in [0, 0.1) is 56.4 Å². The van der Waals surface area contributed by atoms with Crippen molar-refractivity contribution in [2.24, 2.45) is 49.9 Å². The number of imidazole rings is 1. The van der Waals surface area contributed by atoms with E-state index in [0.29, 0.717) is 99.3 Å². The summed E-state index contributed by atoms with van der Waals surface area (Å²) in [5, 5.41) is 84.3. The molecule has 0 radical (unpaired) electrons. The fourth-order valence-electron chi connectivity index (χ4n) is 12.2. The number of alkyl carbamates (subject to hydrolysis) is 2. The first-order chi connectivity index (χ1) is 69.6. The smallest absolute Gasteiger partial charge is 0.481 e. The third-order valence-corrected chi connectivity index (χ3v) is 21.5. The number of hydrogen-bond acceptors (Lipinski definition) is 40. The molecule has 0 bridgehead atoms. The molecule has 0 aliphatic carbocycles. The number of nitrogens with zero attached hydrogens (tertiary/aromatic N) is 21. The number of nitro benzene ring substituents is 1. The highest BCUT2D eigenvalue weighted by Gasteiger charge is 2.48. The van der Waals surface area contributed by atoms with Gasteiger partial charge in [-0.1, -0.05) is 152 Å². The molecule has 3 aromatic heterocycles. The largest absolute Gasteiger partial charge is 0.514 e. The Kier molecular flexibility index (Phi) is 53.2. The number of azide groups is 4. The first-order valence-electron chi connectivity index (χ1n) is 43.8. The molecule has 2 amide bonds. The Labute approximate surface area is 829 Å². The minimum absolute atomic E-state index is 0.0254. The number of anilines is 2. The quantitative estimate of drug-likeness (QED) is 0.00161. The molecular weight excluding hydrogens is 1970 g/mol. The van der Waals surface area contributed by atoms with Gasteiger partial charge in [0, 0.05) is 86.7 Å². The number of nitrogen functional groups attached to an aromatic ring is 2. The Morgan fingerprint density at radius 3 is 1.47 bits per heavy atom. The van der Waals surface area contributed by atoms with Gasteiger partial charge in [0.2, 0.25) is 0 Å². The second kappa shape index (κ2) is 64.5. The molecule has 15 N–H and O–H groups in total. The number of aromatic nitrogens is 6. The average Bonchev–Trinajstić information content (AvgIpc) is 1.62. The van der Waals surface area contributed by atoms with E-state index < -0.39 is 125 Å². The van der Waals surface area contributed by atoms with Crippen molar-refractivity contribution < 1.29 is 144 Å². The van der Waals surface area contributed by atoms with Crippen LogP contribution >= 0.6 is 15.6 Å². The summed E-state index contributed by atoms with van der Waals surface area (Å²) in [6, 6.07) is 36.3. The monoisotopic (exact) mass is 2080 g/mol. The van der Waals surface area contributed by atoms with Crippen LogP contribution in [0.15, 0.2) is 171 Å². The van der Waals surface area contributed by atoms with Crippen LogP contribution in [0.1, 0.15) is 133 Å². The summed E-state index contributed by atoms with van der Waals surface area (Å²) in [6.07, 6.45) is -2.31. The molecule has 782 valence electrons. The highest BCUT2D eigenvalue weighted by Crippen LogP contribution is 2.50. The topological polar surface area (TPSA) is 889 Å². The number of nitrogens with one attached hydrogen (secondary N) is 2. The maximum Gasteiger partial charge on any atom is 0.514 e. The molecule has 60 heteroatoms. The number of amides is 2. The fraction of sp³-hybridized carbons (Fsp3) is 0.430. The van der Waals surface area contributed by atoms with Crippen LogP contribution in [0.3, 0.4) is 0 Å². The predicted octanol–water partition coefficient (Wildman–Crippen LogP) is 13.1. The zero-order valence-electron chi connectivity index (χ0n) is 78.6. The summed E-state index contributed by atoms with van der Waals surface area (Å²) < 4.78 is 86.8. The number of nitro groups is 1. The second-order valence-electron chi connectivity index (χ2n) is 31.0. The molecule has 1 unspecified atom stereocenters. The zero-order valence-corrected chi connectivity index (χ0v) is 80.4. The van der Waals surface area contributed by atoms with Crippen LogP contribution < -0.4 is 38.3 Å². The van der Waals surface area contributed by atoms with Crippen LogP contribution in [0.25, 0.3) is 52.9 Å². The molecule has 146 heavy (non-hydrogen) atoms. The maximum atomic E-state index is 12.9. The number of hydrogen-bond donors (Lipinski definition) is 12. The molecule has 0 spiro atoms. The lowest BCUT2D eigenvalue weighted by Gasteiger charge is -2.22. The highest BCUT2D eigenvalue weighted by atomic mass is 31.2. The molecule has 2 fully saturated rings. The summed E-state index contributed by atoms with van der Waals surface area (Å²) in [6.45, 7) is 6.38. The van der Waals surface area contributed by atoms with Gasteiger partial charge in [0.15, 0.2) is 30.9 Å². The molecular formula is C86H106N26O32P2. The predicted molar refractivity (Wildman–Crippen MR) is 507 cm³/mol. The Bertz CT molecular complexity index is 5940. The summed E-state index contributed by atoms with van der Waals surface area (Å²) in [5.41, 5.74) is 54.1. The second-order valence-corrected chi connectivity index (χ2v) is 33.6. The Morgan fingerprint density at radius 2 is 1.03 bits per heavy atom. The lowest BCUT2D eigenvalue weighted by atomic mass is 10.0. The van der Waals surface area contributed by atoms with Gasteiger partial charge in [0.1, 0.15) is 98.7 Å². The zero-order chi connectivity index (χ0) is 108. The van der Waals surface area contributed by atoms with E-state index in [-0.39, 0.29) is 116 Å². The van der Waals surface area contributed by atoms with Crippen molar-refractivity contribution in [2.75, 3.05) is 57.5 Å². The number of phosphoric acid groups is 2. The highest BCUT2D eigenvalue weighted by molar-refractivity contribution is 7.47. The SMILES string of the molecule is C[C@@H](CCCCC(=O)OCc1ccc(N=[N+]=[N-])cc1)C(=O)O.C[C@@H](CCCN)C(=O)O.C[C@@H](CCCNC(=O)OCc1ccc(N=[N+]=[N-])cc1)C(=O)OCC#N.C[C@@H](CCCNC(=O)OCc1ccc(N=[N+]=[N-])cc1)C(=O)OCC#N.Nc1ccn([C@H]2C[C@H](OP(=O)(O)OC[C@H]3O[C@@H](n4cnc5c(N)ncnc54)[C@H](O)[C@@H]3O)[C@@H](COP(=O)(O)O)O2)c(=O)n1.[N-]=[N+]=Nc1ccc(COC(=O)Oc2ccc([N+](=O)[O-])cc2)cc1. The number of unbranched alkanes of at least 4 members (excludes halogenated alkanes) is 1. The van der Waals surface area contributed by atoms with E-state index >= 15 is 0 Å². The summed E-state index contributed by atoms with van der Waals surface area (Å²) in [4.78, 5) is 167. The molecule has 12 atom stereocenters. The van der Waals surface area contributed by atoms with Gasteiger partial charge < -0.3 is 106 Å². The number of aliphatic hydroxyl groups is 2. The van der Waals surface area contributed by atoms with Crippen LogP contribution in [0.5, 0.6) is 5.75 Å². The van der Waals surface area contributed by atoms with Crippen molar-refractivity contribution in [3.05, 3.63) is 231 Å². The Morgan fingerprint density at radius 1 is 0.582 bits per heavy atom. The van der Waals surface area contributed by atoms with E-state index in [0.717, 1.165) is 27.7 Å². The van der Waals surface area contributed by atoms with Crippen LogP contribution in [-0.4, -0.2) is 194 Å². The molecule has 2 aliphatic rings. The number of carboxylic acid groups (broad SMARTS) is 2. The minimum atomic E-state index is -4.99. The van der Waals surface area contributed by atoms with E-state index in [4.69, 9.17) is 122 Å². The number of carbonyl (C=O) groups excluding carboxylic acids is 6. The number of phosphoric ester groups is 2. The van der Waals surface area contributed by atoms with Gasteiger partial charge >= 0.3 is 69.5 Å². The number of esters is 3. The van der Waals surface area contributed by atoms with Crippen molar-refractivity contribution in [3.8, 4) is 17.9 Å². The van der Waals surface area contributed by atoms with E-state index in [9.17, 15) is 77.5 Å². The number of non-ortho nitro benzene ring substituents is 1. The molecule has 8 aromatic rings. The van der Waals surface area contributed by atoms with Crippen LogP contribution in [0.2, 0.25) is 0 Å². The van der Waals surface area contributed by atoms with Gasteiger partial charge in [-0.3, -0.25) is 56.8 Å². The number of aliphatic carboxylic acids is 2. The first kappa shape index (κ1) is 120. The number of nitrogens with two attached hydrogens (primary N) is 3. The molecule has 2 saturated heterocycles. The van der Waals surface area contributed by atoms with E-state index in [2.05, 4.69) is 75.2 Å². The third-order valence-electron chi connectivity index (χ3n) is 20.0. The van der Waals surface area contributed by atoms with Gasteiger partial charge in [-0.2, -0.15) is 15.5 Å². The molecule has 2 aliphatic heterocycles. The molecule has 0 saturated carbocycles.